The van der Waals surface area contributed by atoms with Crippen LogP contribution < -0.4 is 5.32 Å². The molecule has 2 rings (SSSR count). The van der Waals surface area contributed by atoms with Crippen LogP contribution in [0.4, 0.5) is 0 Å². The summed E-state index contributed by atoms with van der Waals surface area (Å²) in [4.78, 5) is 5.95. The predicted octanol–water partition coefficient (Wildman–Crippen LogP) is 2.37. The first-order valence-corrected chi connectivity index (χ1v) is 6.60. The van der Waals surface area contributed by atoms with E-state index in [2.05, 4.69) is 38.0 Å². The quantitative estimate of drug-likeness (QED) is 0.881. The number of aryl methyl sites for hydroxylation is 2. The first-order chi connectivity index (χ1) is 7.49. The fourth-order valence-corrected chi connectivity index (χ4v) is 2.94. The normalized spacial score (nSPS) is 21.6. The van der Waals surface area contributed by atoms with E-state index in [9.17, 15) is 0 Å². The molecule has 2 heterocycles. The van der Waals surface area contributed by atoms with Crippen molar-refractivity contribution < 1.29 is 4.74 Å². The van der Waals surface area contributed by atoms with Gasteiger partial charge in [-0.25, -0.2) is 4.98 Å². The van der Waals surface area contributed by atoms with Gasteiger partial charge >= 0.3 is 0 Å². The highest BCUT2D eigenvalue weighted by molar-refractivity contribution is 7.11. The van der Waals surface area contributed by atoms with Crippen LogP contribution in [0.25, 0.3) is 0 Å². The molecule has 0 aliphatic carbocycles. The average molecular weight is 240 g/mol. The van der Waals surface area contributed by atoms with Gasteiger partial charge in [-0.15, -0.1) is 11.3 Å². The minimum atomic E-state index is -0.0535. The fraction of sp³-hybridized carbons (Fsp3) is 0.750. The van der Waals surface area contributed by atoms with Crippen LogP contribution >= 0.6 is 11.3 Å². The molecule has 1 aliphatic rings. The number of hydrogen-bond donors (Lipinski definition) is 1. The Morgan fingerprint density at radius 3 is 2.69 bits per heavy atom. The molecule has 1 saturated heterocycles. The van der Waals surface area contributed by atoms with Gasteiger partial charge in [0.1, 0.15) is 5.01 Å². The molecule has 1 aliphatic heterocycles. The van der Waals surface area contributed by atoms with Crippen molar-refractivity contribution in [3.8, 4) is 0 Å². The van der Waals surface area contributed by atoms with Gasteiger partial charge in [0.15, 0.2) is 0 Å². The van der Waals surface area contributed by atoms with E-state index in [0.717, 1.165) is 25.3 Å². The minimum absolute atomic E-state index is 0.0535. The van der Waals surface area contributed by atoms with Crippen LogP contribution in [0.5, 0.6) is 0 Å². The van der Waals surface area contributed by atoms with Crippen molar-refractivity contribution >= 4 is 11.3 Å². The molecule has 0 amide bonds. The molecule has 1 fully saturated rings. The van der Waals surface area contributed by atoms with Crippen LogP contribution in [-0.4, -0.2) is 24.2 Å². The second-order valence-corrected chi connectivity index (χ2v) is 6.19. The SMILES string of the molecule is Cc1nc(C(C)(C)NC2CCOC2)sc1C. The summed E-state index contributed by atoms with van der Waals surface area (Å²) >= 11 is 1.79. The second kappa shape index (κ2) is 4.43. The molecular weight excluding hydrogens is 220 g/mol. The molecule has 1 N–H and O–H groups in total. The van der Waals surface area contributed by atoms with Crippen molar-refractivity contribution in [2.24, 2.45) is 0 Å². The maximum absolute atomic E-state index is 5.39. The maximum atomic E-state index is 5.39. The zero-order valence-electron chi connectivity index (χ0n) is 10.5. The van der Waals surface area contributed by atoms with Gasteiger partial charge < -0.3 is 10.1 Å². The number of nitrogens with one attached hydrogen (secondary N) is 1. The summed E-state index contributed by atoms with van der Waals surface area (Å²) in [6.45, 7) is 10.3. The van der Waals surface area contributed by atoms with Gasteiger partial charge in [-0.3, -0.25) is 0 Å². The zero-order valence-corrected chi connectivity index (χ0v) is 11.3. The molecule has 1 aromatic heterocycles. The van der Waals surface area contributed by atoms with Crippen molar-refractivity contribution in [2.45, 2.75) is 45.7 Å². The predicted molar refractivity (Wildman–Crippen MR) is 67.0 cm³/mol. The molecule has 90 valence electrons. The van der Waals surface area contributed by atoms with Crippen LogP contribution in [0.2, 0.25) is 0 Å². The first-order valence-electron chi connectivity index (χ1n) is 5.79. The Kier molecular flexibility index (Phi) is 3.33. The highest BCUT2D eigenvalue weighted by atomic mass is 32.1. The number of hydrogen-bond acceptors (Lipinski definition) is 4. The summed E-state index contributed by atoms with van der Waals surface area (Å²) in [5, 5.41) is 4.81. The Balaban J connectivity index is 2.10. The lowest BCUT2D eigenvalue weighted by atomic mass is 10.0. The number of aromatic nitrogens is 1. The van der Waals surface area contributed by atoms with Gasteiger partial charge in [0.2, 0.25) is 0 Å². The van der Waals surface area contributed by atoms with Crippen LogP contribution in [-0.2, 0) is 10.3 Å². The van der Waals surface area contributed by atoms with Gasteiger partial charge in [0.25, 0.3) is 0 Å². The average Bonchev–Trinajstić information content (AvgIpc) is 2.78. The lowest BCUT2D eigenvalue weighted by Crippen LogP contribution is -2.44. The first kappa shape index (κ1) is 12.0. The number of ether oxygens (including phenoxy) is 1. The van der Waals surface area contributed by atoms with Crippen LogP contribution in [0, 0.1) is 13.8 Å². The lowest BCUT2D eigenvalue weighted by Gasteiger charge is -2.27. The molecule has 1 unspecified atom stereocenters. The number of nitrogens with zero attached hydrogens (tertiary/aromatic N) is 1. The highest BCUT2D eigenvalue weighted by Gasteiger charge is 2.29. The number of thiazole rings is 1. The molecule has 1 aromatic rings. The van der Waals surface area contributed by atoms with Gasteiger partial charge in [-0.05, 0) is 34.1 Å². The Hall–Kier alpha value is -0.450. The highest BCUT2D eigenvalue weighted by Crippen LogP contribution is 2.28. The van der Waals surface area contributed by atoms with Gasteiger partial charge in [-0.2, -0.15) is 0 Å². The maximum Gasteiger partial charge on any atom is 0.113 e. The summed E-state index contributed by atoms with van der Waals surface area (Å²) in [6, 6.07) is 0.472. The van der Waals surface area contributed by atoms with Crippen LogP contribution in [0.1, 0.15) is 35.8 Å². The molecule has 16 heavy (non-hydrogen) atoms. The smallest absolute Gasteiger partial charge is 0.113 e. The molecule has 0 bridgehead atoms. The van der Waals surface area contributed by atoms with Crippen molar-refractivity contribution in [3.63, 3.8) is 0 Å². The third-order valence-corrected chi connectivity index (χ3v) is 4.45. The molecule has 0 saturated carbocycles. The Morgan fingerprint density at radius 1 is 1.44 bits per heavy atom. The molecule has 0 aromatic carbocycles. The number of rotatable bonds is 3. The summed E-state index contributed by atoms with van der Waals surface area (Å²) in [6.07, 6.45) is 1.10. The van der Waals surface area contributed by atoms with E-state index in [1.807, 2.05) is 0 Å². The Bertz CT molecular complexity index is 348. The third kappa shape index (κ3) is 2.44. The van der Waals surface area contributed by atoms with Crippen molar-refractivity contribution in [1.29, 1.82) is 0 Å². The van der Waals surface area contributed by atoms with E-state index in [1.165, 1.54) is 9.88 Å². The minimum Gasteiger partial charge on any atom is -0.380 e. The largest absolute Gasteiger partial charge is 0.380 e. The lowest BCUT2D eigenvalue weighted by molar-refractivity contribution is 0.183. The van der Waals surface area contributed by atoms with E-state index in [1.54, 1.807) is 11.3 Å². The topological polar surface area (TPSA) is 34.2 Å². The Morgan fingerprint density at radius 2 is 2.19 bits per heavy atom. The van der Waals surface area contributed by atoms with Gasteiger partial charge in [0, 0.05) is 17.5 Å². The van der Waals surface area contributed by atoms with E-state index in [0.29, 0.717) is 6.04 Å². The molecule has 3 nitrogen and oxygen atoms in total. The molecule has 0 radical (unpaired) electrons. The second-order valence-electron chi connectivity index (χ2n) is 4.99. The summed E-state index contributed by atoms with van der Waals surface area (Å²) in [7, 11) is 0. The molecular formula is C12H20N2OS. The summed E-state index contributed by atoms with van der Waals surface area (Å²) < 4.78 is 5.39. The monoisotopic (exact) mass is 240 g/mol. The van der Waals surface area contributed by atoms with Crippen molar-refractivity contribution in [1.82, 2.24) is 10.3 Å². The molecule has 0 spiro atoms. The summed E-state index contributed by atoms with van der Waals surface area (Å²) in [5.41, 5.74) is 1.10. The fourth-order valence-electron chi connectivity index (χ4n) is 1.96. The van der Waals surface area contributed by atoms with Crippen molar-refractivity contribution in [3.05, 3.63) is 15.6 Å². The van der Waals surface area contributed by atoms with E-state index in [-0.39, 0.29) is 5.54 Å². The third-order valence-electron chi connectivity index (χ3n) is 3.06. The van der Waals surface area contributed by atoms with Gasteiger partial charge in [0.05, 0.1) is 17.8 Å². The summed E-state index contributed by atoms with van der Waals surface area (Å²) in [5.74, 6) is 0. The van der Waals surface area contributed by atoms with E-state index < -0.39 is 0 Å². The van der Waals surface area contributed by atoms with Crippen molar-refractivity contribution in [2.75, 3.05) is 13.2 Å². The van der Waals surface area contributed by atoms with Crippen LogP contribution in [0.3, 0.4) is 0 Å². The molecule has 4 heteroatoms. The standard InChI is InChI=1S/C12H20N2OS/c1-8-9(2)16-11(13-8)12(3,4)14-10-5-6-15-7-10/h10,14H,5-7H2,1-4H3. The van der Waals surface area contributed by atoms with Gasteiger partial charge in [-0.1, -0.05) is 0 Å². The van der Waals surface area contributed by atoms with E-state index >= 15 is 0 Å². The molecule has 1 atom stereocenters. The zero-order chi connectivity index (χ0) is 11.8. The van der Waals surface area contributed by atoms with E-state index in [4.69, 9.17) is 4.74 Å². The van der Waals surface area contributed by atoms with Crippen LogP contribution in [0.15, 0.2) is 0 Å². The Labute approximate surface area is 101 Å².